The summed E-state index contributed by atoms with van der Waals surface area (Å²) >= 11 is 13.4. The molecular weight excluding hydrogens is 543 g/mol. The summed E-state index contributed by atoms with van der Waals surface area (Å²) in [7, 11) is 0. The van der Waals surface area contributed by atoms with E-state index in [4.69, 9.17) is 27.6 Å². The quantitative estimate of drug-likeness (QED) is 0.275. The summed E-state index contributed by atoms with van der Waals surface area (Å²) in [4.78, 5) is 26.1. The Morgan fingerprint density at radius 2 is 1.89 bits per heavy atom. The van der Waals surface area contributed by atoms with Gasteiger partial charge in [-0.2, -0.15) is 5.26 Å². The van der Waals surface area contributed by atoms with Crippen LogP contribution in [0, 0.1) is 11.3 Å². The van der Waals surface area contributed by atoms with Crippen LogP contribution in [0.25, 0.3) is 0 Å². The van der Waals surface area contributed by atoms with Crippen LogP contribution in [0.4, 0.5) is 11.4 Å². The fourth-order valence-corrected chi connectivity index (χ4v) is 5.35. The minimum atomic E-state index is -0.783. The minimum Gasteiger partial charge on any atom is -0.468 e. The first-order chi connectivity index (χ1) is 18.3. The Bertz CT molecular complexity index is 1460. The lowest BCUT2D eigenvalue weighted by Crippen LogP contribution is -2.31. The number of thioether (sulfide) groups is 1. The zero-order chi connectivity index (χ0) is 27.2. The highest BCUT2D eigenvalue weighted by Gasteiger charge is 2.36. The molecule has 0 aliphatic carbocycles. The van der Waals surface area contributed by atoms with E-state index in [-0.39, 0.29) is 22.3 Å². The van der Waals surface area contributed by atoms with Crippen molar-refractivity contribution in [2.45, 2.75) is 26.2 Å². The van der Waals surface area contributed by atoms with Gasteiger partial charge in [-0.15, -0.1) is 0 Å². The second kappa shape index (κ2) is 12.3. The van der Waals surface area contributed by atoms with Crippen molar-refractivity contribution in [2.24, 2.45) is 0 Å². The number of nitrogens with zero attached hydrogens (tertiary/aromatic N) is 1. The molecule has 0 fully saturated rings. The highest BCUT2D eigenvalue weighted by Crippen LogP contribution is 2.41. The molecule has 38 heavy (non-hydrogen) atoms. The molecule has 2 heterocycles. The highest BCUT2D eigenvalue weighted by molar-refractivity contribution is 8.03. The Morgan fingerprint density at radius 3 is 2.53 bits per heavy atom. The standard InChI is InChI=1S/C28H24Cl2N4O3S/c1-3-17-6-9-19(10-7-17)33-24(35)15-38-28-20(14-31)26(23-5-4-12-37-23)25(16(2)32-28)27(36)34-22-11-8-18(29)13-21(22)30/h4-13,26,32H,3,15H2,1-2H3,(H,33,35)(H,34,36)/t26-/m1/s1. The number of benzene rings is 2. The summed E-state index contributed by atoms with van der Waals surface area (Å²) in [5.74, 6) is -0.972. The van der Waals surface area contributed by atoms with Crippen LogP contribution in [0.15, 0.2) is 87.1 Å². The predicted molar refractivity (Wildman–Crippen MR) is 152 cm³/mol. The van der Waals surface area contributed by atoms with Crippen LogP contribution in [-0.4, -0.2) is 17.6 Å². The number of hydrogen-bond acceptors (Lipinski definition) is 6. The van der Waals surface area contributed by atoms with Crippen molar-refractivity contribution in [2.75, 3.05) is 16.4 Å². The number of rotatable bonds is 8. The summed E-state index contributed by atoms with van der Waals surface area (Å²) in [6.45, 7) is 3.80. The van der Waals surface area contributed by atoms with Gasteiger partial charge >= 0.3 is 0 Å². The van der Waals surface area contributed by atoms with Crippen molar-refractivity contribution >= 4 is 58.2 Å². The largest absolute Gasteiger partial charge is 0.468 e. The molecule has 0 saturated carbocycles. The third-order valence-electron chi connectivity index (χ3n) is 5.89. The average molecular weight is 567 g/mol. The number of amides is 2. The van der Waals surface area contributed by atoms with E-state index in [1.165, 1.54) is 29.7 Å². The highest BCUT2D eigenvalue weighted by atomic mass is 35.5. The van der Waals surface area contributed by atoms with Gasteiger partial charge in [0.25, 0.3) is 5.91 Å². The number of aryl methyl sites for hydroxylation is 1. The fourth-order valence-electron chi connectivity index (χ4n) is 4.01. The maximum absolute atomic E-state index is 13.5. The zero-order valence-corrected chi connectivity index (χ0v) is 22.9. The minimum absolute atomic E-state index is 0.0586. The number of carbonyl (C=O) groups is 2. The topological polar surface area (TPSA) is 107 Å². The first kappa shape index (κ1) is 27.4. The number of anilines is 2. The molecule has 3 aromatic rings. The Morgan fingerprint density at radius 1 is 1.13 bits per heavy atom. The predicted octanol–water partition coefficient (Wildman–Crippen LogP) is 6.86. The molecule has 194 valence electrons. The number of hydrogen-bond donors (Lipinski definition) is 3. The van der Waals surface area contributed by atoms with E-state index in [0.29, 0.717) is 38.5 Å². The van der Waals surface area contributed by atoms with Gasteiger partial charge < -0.3 is 20.4 Å². The molecule has 2 aromatic carbocycles. The monoisotopic (exact) mass is 566 g/mol. The van der Waals surface area contributed by atoms with Crippen LogP contribution in [0.3, 0.4) is 0 Å². The molecule has 1 aromatic heterocycles. The number of dihydropyridines is 1. The van der Waals surface area contributed by atoms with Crippen LogP contribution in [-0.2, 0) is 16.0 Å². The number of nitrogens with one attached hydrogen (secondary N) is 3. The molecule has 0 saturated heterocycles. The van der Waals surface area contributed by atoms with Crippen molar-refractivity contribution in [1.29, 1.82) is 5.26 Å². The molecule has 0 unspecified atom stereocenters. The summed E-state index contributed by atoms with van der Waals surface area (Å²) < 4.78 is 5.64. The van der Waals surface area contributed by atoms with Crippen LogP contribution < -0.4 is 16.0 Å². The summed E-state index contributed by atoms with van der Waals surface area (Å²) in [5.41, 5.74) is 3.34. The van der Waals surface area contributed by atoms with Gasteiger partial charge in [0.1, 0.15) is 5.76 Å². The number of furan rings is 1. The number of allylic oxidation sites excluding steroid dienone is 2. The van der Waals surface area contributed by atoms with Crippen LogP contribution in [0.5, 0.6) is 0 Å². The van der Waals surface area contributed by atoms with Crippen LogP contribution in [0.2, 0.25) is 10.0 Å². The van der Waals surface area contributed by atoms with Gasteiger partial charge in [0.05, 0.1) is 50.9 Å². The zero-order valence-electron chi connectivity index (χ0n) is 20.6. The SMILES string of the molecule is CCc1ccc(NC(=O)CSC2=C(C#N)[C@H](c3ccco3)C(C(=O)Nc3ccc(Cl)cc3Cl)=C(C)N2)cc1. The van der Waals surface area contributed by atoms with E-state index in [2.05, 4.69) is 28.9 Å². The van der Waals surface area contributed by atoms with E-state index in [1.54, 1.807) is 31.2 Å². The van der Waals surface area contributed by atoms with Crippen molar-refractivity contribution in [3.8, 4) is 6.07 Å². The van der Waals surface area contributed by atoms with Crippen molar-refractivity contribution in [1.82, 2.24) is 5.32 Å². The number of nitriles is 1. The average Bonchev–Trinajstić information content (AvgIpc) is 3.43. The molecule has 2 amide bonds. The van der Waals surface area contributed by atoms with E-state index in [0.717, 1.165) is 6.42 Å². The summed E-state index contributed by atoms with van der Waals surface area (Å²) in [5, 5.41) is 20.2. The van der Waals surface area contributed by atoms with Crippen LogP contribution >= 0.6 is 35.0 Å². The van der Waals surface area contributed by atoms with Crippen molar-refractivity contribution < 1.29 is 14.0 Å². The van der Waals surface area contributed by atoms with Gasteiger partial charge in [-0.1, -0.05) is 54.0 Å². The Balaban J connectivity index is 1.56. The summed E-state index contributed by atoms with van der Waals surface area (Å²) in [6, 6.07) is 18.0. The Hall–Kier alpha value is -3.64. The Labute approximate surface area is 234 Å². The molecule has 10 heteroatoms. The fraction of sp³-hybridized carbons (Fsp3) is 0.179. The van der Waals surface area contributed by atoms with E-state index in [9.17, 15) is 14.9 Å². The van der Waals surface area contributed by atoms with Gasteiger partial charge in [-0.05, 0) is 61.4 Å². The smallest absolute Gasteiger partial charge is 0.254 e. The van der Waals surface area contributed by atoms with E-state index >= 15 is 0 Å². The van der Waals surface area contributed by atoms with Crippen LogP contribution in [0.1, 0.15) is 31.1 Å². The molecular formula is C28H24Cl2N4O3S. The maximum Gasteiger partial charge on any atom is 0.254 e. The second-order valence-electron chi connectivity index (χ2n) is 8.43. The lowest BCUT2D eigenvalue weighted by atomic mass is 9.85. The van der Waals surface area contributed by atoms with Gasteiger partial charge in [0.15, 0.2) is 0 Å². The molecule has 3 N–H and O–H groups in total. The normalized spacial score (nSPS) is 15.1. The van der Waals surface area contributed by atoms with Gasteiger partial charge in [0.2, 0.25) is 5.91 Å². The van der Waals surface area contributed by atoms with Gasteiger partial charge in [-0.25, -0.2) is 0 Å². The van der Waals surface area contributed by atoms with Crippen molar-refractivity contribution in [3.63, 3.8) is 0 Å². The second-order valence-corrected chi connectivity index (χ2v) is 10.3. The third kappa shape index (κ3) is 6.25. The number of halogens is 2. The first-order valence-electron chi connectivity index (χ1n) is 11.7. The van der Waals surface area contributed by atoms with E-state index < -0.39 is 11.8 Å². The lowest BCUT2D eigenvalue weighted by Gasteiger charge is -2.28. The lowest BCUT2D eigenvalue weighted by molar-refractivity contribution is -0.114. The first-order valence-corrected chi connectivity index (χ1v) is 13.5. The third-order valence-corrected chi connectivity index (χ3v) is 7.46. The van der Waals surface area contributed by atoms with Gasteiger partial charge in [0, 0.05) is 16.4 Å². The molecule has 0 spiro atoms. The molecule has 1 aliphatic heterocycles. The van der Waals surface area contributed by atoms with E-state index in [1.807, 2.05) is 24.3 Å². The summed E-state index contributed by atoms with van der Waals surface area (Å²) in [6.07, 6.45) is 2.40. The molecule has 0 radical (unpaired) electrons. The van der Waals surface area contributed by atoms with Gasteiger partial charge in [-0.3, -0.25) is 9.59 Å². The Kier molecular flexibility index (Phi) is 8.85. The van der Waals surface area contributed by atoms with Crippen molar-refractivity contribution in [3.05, 3.63) is 104 Å². The molecule has 1 aliphatic rings. The molecule has 7 nitrogen and oxygen atoms in total. The number of carbonyl (C=O) groups excluding carboxylic acids is 2. The molecule has 0 bridgehead atoms. The maximum atomic E-state index is 13.5. The molecule has 4 rings (SSSR count). The molecule has 1 atom stereocenters.